The maximum atomic E-state index is 11.7. The molecule has 0 fully saturated rings. The molecule has 6 heteroatoms. The van der Waals surface area contributed by atoms with E-state index in [1.807, 2.05) is 0 Å². The molecule has 2 nitrogen and oxygen atoms in total. The first-order valence-corrected chi connectivity index (χ1v) is 3.29. The van der Waals surface area contributed by atoms with Gasteiger partial charge in [-0.25, -0.2) is 0 Å². The molecule has 72 valence electrons. The van der Waals surface area contributed by atoms with Gasteiger partial charge in [-0.3, -0.25) is 0 Å². The number of allylic oxidation sites excluding steroid dienone is 1. The van der Waals surface area contributed by atoms with Gasteiger partial charge >= 0.3 is 6.18 Å². The van der Waals surface area contributed by atoms with Crippen LogP contribution in [-0.4, -0.2) is 26.7 Å². The van der Waals surface area contributed by atoms with Gasteiger partial charge in [0.15, 0.2) is 6.29 Å². The summed E-state index contributed by atoms with van der Waals surface area (Å²) in [5.41, 5.74) is 0. The zero-order valence-corrected chi connectivity index (χ0v) is 7.24. The van der Waals surface area contributed by atoms with Crippen molar-refractivity contribution in [3.8, 4) is 0 Å². The van der Waals surface area contributed by atoms with E-state index in [1.165, 1.54) is 14.2 Å². The van der Waals surface area contributed by atoms with Gasteiger partial charge in [-0.2, -0.15) is 13.2 Å². The largest absolute Gasteiger partial charge is 0.411 e. The minimum atomic E-state index is -4.45. The highest BCUT2D eigenvalue weighted by Gasteiger charge is 2.26. The molecule has 0 bridgehead atoms. The molecule has 0 rings (SSSR count). The molecule has 0 aromatic carbocycles. The standard InChI is InChI=1S/C6H8ClF3O2/c1-11-5(12-2)4(7)3-6(8,9)10/h3,5H,1-2H3. The Labute approximate surface area is 72.9 Å². The fourth-order valence-electron chi connectivity index (χ4n) is 0.546. The Kier molecular flexibility index (Phi) is 4.59. The van der Waals surface area contributed by atoms with E-state index in [9.17, 15) is 13.2 Å². The van der Waals surface area contributed by atoms with Crippen LogP contribution in [0.4, 0.5) is 13.2 Å². The van der Waals surface area contributed by atoms with Crippen molar-refractivity contribution in [2.75, 3.05) is 14.2 Å². The fraction of sp³-hybridized carbons (Fsp3) is 0.667. The molecule has 0 saturated carbocycles. The second-order valence-corrected chi connectivity index (χ2v) is 2.31. The minimum Gasteiger partial charge on any atom is -0.351 e. The minimum absolute atomic E-state index is 0.0772. The summed E-state index contributed by atoms with van der Waals surface area (Å²) in [6, 6.07) is 0. The van der Waals surface area contributed by atoms with Crippen LogP contribution in [0.2, 0.25) is 0 Å². The Morgan fingerprint density at radius 3 is 2.00 bits per heavy atom. The first-order chi connectivity index (χ1) is 5.40. The molecule has 0 aromatic heterocycles. The summed E-state index contributed by atoms with van der Waals surface area (Å²) in [4.78, 5) is 0. The third-order valence-corrected chi connectivity index (χ3v) is 1.24. The third-order valence-electron chi connectivity index (χ3n) is 0.955. The van der Waals surface area contributed by atoms with Gasteiger partial charge in [0.25, 0.3) is 0 Å². The van der Waals surface area contributed by atoms with Crippen molar-refractivity contribution in [2.24, 2.45) is 0 Å². The molecule has 0 N–H and O–H groups in total. The monoisotopic (exact) mass is 204 g/mol. The number of ether oxygens (including phenoxy) is 2. The number of hydrogen-bond donors (Lipinski definition) is 0. The van der Waals surface area contributed by atoms with Crippen LogP contribution >= 0.6 is 11.6 Å². The first kappa shape index (κ1) is 11.7. The maximum Gasteiger partial charge on any atom is 0.411 e. The van der Waals surface area contributed by atoms with Crippen LogP contribution in [0.3, 0.4) is 0 Å². The maximum absolute atomic E-state index is 11.7. The Bertz CT molecular complexity index is 163. The second kappa shape index (κ2) is 4.69. The van der Waals surface area contributed by atoms with E-state index in [0.717, 1.165) is 0 Å². The zero-order chi connectivity index (χ0) is 9.78. The molecule has 0 aliphatic heterocycles. The Morgan fingerprint density at radius 1 is 1.33 bits per heavy atom. The normalized spacial score (nSPS) is 14.1. The molecule has 12 heavy (non-hydrogen) atoms. The highest BCUT2D eigenvalue weighted by atomic mass is 35.5. The van der Waals surface area contributed by atoms with Gasteiger partial charge in [0.1, 0.15) is 0 Å². The fourth-order valence-corrected chi connectivity index (χ4v) is 0.848. The van der Waals surface area contributed by atoms with Crippen LogP contribution in [-0.2, 0) is 9.47 Å². The molecule has 0 heterocycles. The van der Waals surface area contributed by atoms with Crippen molar-refractivity contribution in [3.05, 3.63) is 11.1 Å². The second-order valence-electron chi connectivity index (χ2n) is 1.87. The van der Waals surface area contributed by atoms with E-state index in [0.29, 0.717) is 0 Å². The average Bonchev–Trinajstić information content (AvgIpc) is 1.85. The van der Waals surface area contributed by atoms with Gasteiger partial charge in [-0.15, -0.1) is 0 Å². The quantitative estimate of drug-likeness (QED) is 0.657. The van der Waals surface area contributed by atoms with E-state index in [-0.39, 0.29) is 6.08 Å². The molecule has 0 aromatic rings. The zero-order valence-electron chi connectivity index (χ0n) is 6.48. The van der Waals surface area contributed by atoms with Crippen LogP contribution in [0, 0.1) is 0 Å². The van der Waals surface area contributed by atoms with Crippen LogP contribution < -0.4 is 0 Å². The number of halogens is 4. The van der Waals surface area contributed by atoms with E-state index in [4.69, 9.17) is 11.6 Å². The van der Waals surface area contributed by atoms with Crippen molar-refractivity contribution in [2.45, 2.75) is 12.5 Å². The predicted molar refractivity (Wildman–Crippen MR) is 37.8 cm³/mol. The summed E-state index contributed by atoms with van der Waals surface area (Å²) in [6.45, 7) is 0. The number of alkyl halides is 3. The molecule has 0 atom stereocenters. The number of methoxy groups -OCH3 is 2. The van der Waals surface area contributed by atoms with Crippen LogP contribution in [0.5, 0.6) is 0 Å². The highest BCUT2D eigenvalue weighted by Crippen LogP contribution is 2.23. The van der Waals surface area contributed by atoms with Gasteiger partial charge in [0, 0.05) is 20.3 Å². The molecule has 0 spiro atoms. The Morgan fingerprint density at radius 2 is 1.75 bits per heavy atom. The Hall–Kier alpha value is -0.260. The number of hydrogen-bond acceptors (Lipinski definition) is 2. The number of rotatable bonds is 3. The summed E-state index contributed by atoms with van der Waals surface area (Å²) in [6.07, 6.45) is -5.69. The average molecular weight is 205 g/mol. The predicted octanol–water partition coefficient (Wildman–Crippen LogP) is 2.29. The molecule has 0 saturated heterocycles. The molecule has 0 aliphatic carbocycles. The summed E-state index contributed by atoms with van der Waals surface area (Å²) >= 11 is 5.22. The molecular formula is C6H8ClF3O2. The topological polar surface area (TPSA) is 18.5 Å². The Balaban J connectivity index is 4.34. The van der Waals surface area contributed by atoms with Crippen molar-refractivity contribution >= 4 is 11.6 Å². The summed E-state index contributed by atoms with van der Waals surface area (Å²) in [5, 5.41) is -0.535. The summed E-state index contributed by atoms with van der Waals surface area (Å²) < 4.78 is 44.0. The van der Waals surface area contributed by atoms with Crippen LogP contribution in [0.1, 0.15) is 0 Å². The smallest absolute Gasteiger partial charge is 0.351 e. The lowest BCUT2D eigenvalue weighted by molar-refractivity contribution is -0.0914. The SMILES string of the molecule is COC(OC)C(Cl)=CC(F)(F)F. The van der Waals surface area contributed by atoms with E-state index >= 15 is 0 Å². The lowest BCUT2D eigenvalue weighted by Gasteiger charge is -2.12. The molecule has 0 aliphatic rings. The summed E-state index contributed by atoms with van der Waals surface area (Å²) in [5.74, 6) is 0. The van der Waals surface area contributed by atoms with E-state index in [2.05, 4.69) is 9.47 Å². The first-order valence-electron chi connectivity index (χ1n) is 2.91. The molecule has 0 radical (unpaired) electrons. The molecule has 0 amide bonds. The van der Waals surface area contributed by atoms with Gasteiger partial charge in [-0.05, 0) is 0 Å². The van der Waals surface area contributed by atoms with Crippen LogP contribution in [0.15, 0.2) is 11.1 Å². The van der Waals surface area contributed by atoms with Crippen molar-refractivity contribution in [3.63, 3.8) is 0 Å². The van der Waals surface area contributed by atoms with Gasteiger partial charge in [0.2, 0.25) is 0 Å². The van der Waals surface area contributed by atoms with E-state index < -0.39 is 17.5 Å². The van der Waals surface area contributed by atoms with Crippen molar-refractivity contribution in [1.29, 1.82) is 0 Å². The lowest BCUT2D eigenvalue weighted by atomic mass is 10.4. The molecular weight excluding hydrogens is 197 g/mol. The van der Waals surface area contributed by atoms with Crippen molar-refractivity contribution in [1.82, 2.24) is 0 Å². The lowest BCUT2D eigenvalue weighted by Crippen LogP contribution is -2.15. The van der Waals surface area contributed by atoms with Crippen LogP contribution in [0.25, 0.3) is 0 Å². The van der Waals surface area contributed by atoms with E-state index in [1.54, 1.807) is 0 Å². The van der Waals surface area contributed by atoms with Gasteiger partial charge in [0.05, 0.1) is 5.03 Å². The van der Waals surface area contributed by atoms with Gasteiger partial charge < -0.3 is 9.47 Å². The van der Waals surface area contributed by atoms with Crippen molar-refractivity contribution < 1.29 is 22.6 Å². The summed E-state index contributed by atoms with van der Waals surface area (Å²) in [7, 11) is 2.39. The highest BCUT2D eigenvalue weighted by molar-refractivity contribution is 6.30. The molecule has 0 unspecified atom stereocenters. The van der Waals surface area contributed by atoms with Gasteiger partial charge in [-0.1, -0.05) is 11.6 Å². The third kappa shape index (κ3) is 4.58.